The van der Waals surface area contributed by atoms with Crippen LogP contribution < -0.4 is 10.8 Å². The van der Waals surface area contributed by atoms with E-state index in [0.717, 1.165) is 11.3 Å². The van der Waals surface area contributed by atoms with Crippen LogP contribution in [0.15, 0.2) is 18.2 Å². The highest BCUT2D eigenvalue weighted by Crippen LogP contribution is 2.15. The summed E-state index contributed by atoms with van der Waals surface area (Å²) in [5.41, 5.74) is 3.96. The van der Waals surface area contributed by atoms with Crippen LogP contribution >= 0.6 is 0 Å². The summed E-state index contributed by atoms with van der Waals surface area (Å²) in [7, 11) is 1.81. The normalized spacial score (nSPS) is 9.46. The summed E-state index contributed by atoms with van der Waals surface area (Å²) in [6.07, 6.45) is 0. The van der Waals surface area contributed by atoms with E-state index in [4.69, 9.17) is 5.21 Å². The second kappa shape index (κ2) is 3.91. The van der Waals surface area contributed by atoms with Crippen LogP contribution in [0.3, 0.4) is 0 Å². The minimum atomic E-state index is -0.495. The van der Waals surface area contributed by atoms with Gasteiger partial charge in [-0.1, -0.05) is 0 Å². The van der Waals surface area contributed by atoms with Gasteiger partial charge in [-0.3, -0.25) is 10.0 Å². The lowest BCUT2D eigenvalue weighted by Gasteiger charge is -2.06. The van der Waals surface area contributed by atoms with Gasteiger partial charge in [-0.05, 0) is 30.7 Å². The third-order valence-corrected chi connectivity index (χ3v) is 1.86. The average Bonchev–Trinajstić information content (AvgIpc) is 2.16. The number of hydrogen-bond donors (Lipinski definition) is 3. The van der Waals surface area contributed by atoms with Gasteiger partial charge in [0.1, 0.15) is 0 Å². The first-order chi connectivity index (χ1) is 6.19. The Morgan fingerprint density at radius 1 is 1.46 bits per heavy atom. The van der Waals surface area contributed by atoms with E-state index in [1.165, 1.54) is 0 Å². The predicted molar refractivity (Wildman–Crippen MR) is 50.0 cm³/mol. The van der Waals surface area contributed by atoms with Gasteiger partial charge in [0.15, 0.2) is 0 Å². The number of carbonyl (C=O) groups is 1. The van der Waals surface area contributed by atoms with E-state index in [9.17, 15) is 4.79 Å². The largest absolute Gasteiger partial charge is 0.388 e. The first-order valence-corrected chi connectivity index (χ1v) is 3.92. The Hall–Kier alpha value is -1.55. The maximum atomic E-state index is 11.0. The second-order valence-electron chi connectivity index (χ2n) is 2.72. The minimum absolute atomic E-state index is 0.444. The molecule has 70 valence electrons. The zero-order chi connectivity index (χ0) is 9.84. The number of hydrogen-bond acceptors (Lipinski definition) is 3. The van der Waals surface area contributed by atoms with Crippen molar-refractivity contribution in [3.63, 3.8) is 0 Å². The van der Waals surface area contributed by atoms with E-state index in [1.54, 1.807) is 23.7 Å². The number of amides is 1. The van der Waals surface area contributed by atoms with Crippen molar-refractivity contribution in [2.24, 2.45) is 0 Å². The maximum absolute atomic E-state index is 11.0. The van der Waals surface area contributed by atoms with Gasteiger partial charge in [-0.2, -0.15) is 0 Å². The zero-order valence-electron chi connectivity index (χ0n) is 7.59. The third kappa shape index (κ3) is 1.97. The van der Waals surface area contributed by atoms with Crippen molar-refractivity contribution in [2.75, 3.05) is 12.4 Å². The predicted octanol–water partition coefficient (Wildman–Crippen LogP) is 1.16. The molecule has 0 aromatic heterocycles. The third-order valence-electron chi connectivity index (χ3n) is 1.86. The summed E-state index contributed by atoms with van der Waals surface area (Å²) in [6.45, 7) is 1.89. The molecule has 1 rings (SSSR count). The molecule has 4 nitrogen and oxygen atoms in total. The molecule has 0 saturated carbocycles. The smallest absolute Gasteiger partial charge is 0.274 e. The number of benzene rings is 1. The molecule has 0 aliphatic carbocycles. The number of rotatable bonds is 2. The highest BCUT2D eigenvalue weighted by atomic mass is 16.5. The number of anilines is 1. The Morgan fingerprint density at radius 3 is 2.62 bits per heavy atom. The second-order valence-corrected chi connectivity index (χ2v) is 2.72. The summed E-state index contributed by atoms with van der Waals surface area (Å²) < 4.78 is 0. The van der Waals surface area contributed by atoms with Crippen molar-refractivity contribution in [1.29, 1.82) is 0 Å². The lowest BCUT2D eigenvalue weighted by molar-refractivity contribution is 0.0706. The Kier molecular flexibility index (Phi) is 2.87. The Morgan fingerprint density at radius 2 is 2.15 bits per heavy atom. The molecule has 13 heavy (non-hydrogen) atoms. The number of carbonyl (C=O) groups excluding carboxylic acids is 1. The molecule has 1 aromatic rings. The molecule has 3 N–H and O–H groups in total. The van der Waals surface area contributed by atoms with Gasteiger partial charge in [-0.15, -0.1) is 0 Å². The van der Waals surface area contributed by atoms with E-state index in [2.05, 4.69) is 5.32 Å². The molecule has 0 unspecified atom stereocenters. The van der Waals surface area contributed by atoms with E-state index in [0.29, 0.717) is 5.56 Å². The molecular weight excluding hydrogens is 168 g/mol. The Balaban J connectivity index is 3.02. The number of hydroxylamine groups is 1. The van der Waals surface area contributed by atoms with Crippen LogP contribution in [-0.2, 0) is 0 Å². The van der Waals surface area contributed by atoms with Gasteiger partial charge in [-0.25, -0.2) is 5.48 Å². The summed E-state index contributed by atoms with van der Waals surface area (Å²) >= 11 is 0. The van der Waals surface area contributed by atoms with Gasteiger partial charge in [0.25, 0.3) is 5.91 Å². The van der Waals surface area contributed by atoms with Gasteiger partial charge < -0.3 is 5.32 Å². The van der Waals surface area contributed by atoms with Crippen LogP contribution in [-0.4, -0.2) is 18.2 Å². The quantitative estimate of drug-likeness (QED) is 0.472. The molecular formula is C9H12N2O2. The highest BCUT2D eigenvalue weighted by Gasteiger charge is 2.04. The summed E-state index contributed by atoms with van der Waals surface area (Å²) in [5, 5.41) is 11.4. The summed E-state index contributed by atoms with van der Waals surface area (Å²) in [4.78, 5) is 11.0. The van der Waals surface area contributed by atoms with Crippen molar-refractivity contribution in [1.82, 2.24) is 5.48 Å². The minimum Gasteiger partial charge on any atom is -0.388 e. The fourth-order valence-electron chi connectivity index (χ4n) is 1.15. The molecule has 0 heterocycles. The fourth-order valence-corrected chi connectivity index (χ4v) is 1.15. The SMILES string of the molecule is CNc1ccc(C(=O)NO)cc1C. The molecule has 0 bridgehead atoms. The molecule has 0 aliphatic heterocycles. The van der Waals surface area contributed by atoms with E-state index in [-0.39, 0.29) is 0 Å². The fraction of sp³-hybridized carbons (Fsp3) is 0.222. The lowest BCUT2D eigenvalue weighted by atomic mass is 10.1. The molecule has 0 aliphatic rings. The van der Waals surface area contributed by atoms with Crippen molar-refractivity contribution < 1.29 is 10.0 Å². The Labute approximate surface area is 76.5 Å². The average molecular weight is 180 g/mol. The molecule has 1 amide bonds. The Bertz CT molecular complexity index is 323. The first kappa shape index (κ1) is 9.54. The van der Waals surface area contributed by atoms with Gasteiger partial charge in [0, 0.05) is 18.3 Å². The number of nitrogens with one attached hydrogen (secondary N) is 2. The van der Waals surface area contributed by atoms with Gasteiger partial charge in [0.05, 0.1) is 0 Å². The van der Waals surface area contributed by atoms with E-state index >= 15 is 0 Å². The summed E-state index contributed by atoms with van der Waals surface area (Å²) in [5.74, 6) is -0.495. The van der Waals surface area contributed by atoms with Gasteiger partial charge in [0.2, 0.25) is 0 Å². The van der Waals surface area contributed by atoms with Crippen LogP contribution in [0.5, 0.6) is 0 Å². The molecule has 0 atom stereocenters. The molecule has 0 fully saturated rings. The van der Waals surface area contributed by atoms with E-state index < -0.39 is 5.91 Å². The standard InChI is InChI=1S/C9H12N2O2/c1-6-5-7(9(12)11-13)3-4-8(6)10-2/h3-5,10,13H,1-2H3,(H,11,12). The van der Waals surface area contributed by atoms with Crippen molar-refractivity contribution in [3.8, 4) is 0 Å². The van der Waals surface area contributed by atoms with Crippen molar-refractivity contribution >= 4 is 11.6 Å². The molecule has 0 radical (unpaired) electrons. The van der Waals surface area contributed by atoms with Crippen molar-refractivity contribution in [3.05, 3.63) is 29.3 Å². The van der Waals surface area contributed by atoms with Gasteiger partial charge >= 0.3 is 0 Å². The van der Waals surface area contributed by atoms with Crippen molar-refractivity contribution in [2.45, 2.75) is 6.92 Å². The molecule has 4 heteroatoms. The molecule has 0 saturated heterocycles. The van der Waals surface area contributed by atoms with Crippen LogP contribution in [0, 0.1) is 6.92 Å². The molecule has 1 aromatic carbocycles. The lowest BCUT2D eigenvalue weighted by Crippen LogP contribution is -2.18. The van der Waals surface area contributed by atoms with Crippen LogP contribution in [0.4, 0.5) is 5.69 Å². The molecule has 0 spiro atoms. The number of aryl methyl sites for hydroxylation is 1. The van der Waals surface area contributed by atoms with Crippen LogP contribution in [0.2, 0.25) is 0 Å². The topological polar surface area (TPSA) is 61.4 Å². The first-order valence-electron chi connectivity index (χ1n) is 3.92. The monoisotopic (exact) mass is 180 g/mol. The van der Waals surface area contributed by atoms with Crippen LogP contribution in [0.25, 0.3) is 0 Å². The maximum Gasteiger partial charge on any atom is 0.274 e. The summed E-state index contributed by atoms with van der Waals surface area (Å²) in [6, 6.07) is 5.14. The highest BCUT2D eigenvalue weighted by molar-refractivity contribution is 5.94. The van der Waals surface area contributed by atoms with Crippen LogP contribution in [0.1, 0.15) is 15.9 Å². The van der Waals surface area contributed by atoms with E-state index in [1.807, 2.05) is 14.0 Å². The zero-order valence-corrected chi connectivity index (χ0v) is 7.59.